The van der Waals surface area contributed by atoms with Crippen LogP contribution < -0.4 is 14.2 Å². The summed E-state index contributed by atoms with van der Waals surface area (Å²) in [6.45, 7) is 23.1. The van der Waals surface area contributed by atoms with Crippen LogP contribution in [-0.2, 0) is 0 Å². The average molecular weight is 826 g/mol. The quantitative estimate of drug-likeness (QED) is 0.0666. The number of ether oxygens (including phenoxy) is 3. The molecule has 0 spiro atoms. The Labute approximate surface area is 362 Å². The van der Waals surface area contributed by atoms with Crippen molar-refractivity contribution in [2.45, 2.75) is 98.8 Å². The molecule has 0 N–H and O–H groups in total. The molecule has 3 aromatic carbocycles. The molecule has 9 nitrogen and oxygen atoms in total. The van der Waals surface area contributed by atoms with Crippen molar-refractivity contribution in [3.63, 3.8) is 0 Å². The molecule has 0 saturated carbocycles. The van der Waals surface area contributed by atoms with Gasteiger partial charge < -0.3 is 28.9 Å². The number of piperidine rings is 3. The summed E-state index contributed by atoms with van der Waals surface area (Å²) in [5, 5.41) is 0. The van der Waals surface area contributed by atoms with Crippen LogP contribution in [0.1, 0.15) is 130 Å². The number of hydrogen-bond donors (Lipinski definition) is 0. The van der Waals surface area contributed by atoms with Gasteiger partial charge in [0.05, 0.1) is 19.8 Å². The highest BCUT2D eigenvalue weighted by Crippen LogP contribution is 2.21. The van der Waals surface area contributed by atoms with Crippen LogP contribution in [0.4, 0.5) is 0 Å². The van der Waals surface area contributed by atoms with Crippen molar-refractivity contribution in [1.82, 2.24) is 14.7 Å². The van der Waals surface area contributed by atoms with Gasteiger partial charge in [0.2, 0.25) is 0 Å². The molecular weight excluding hydrogens is 751 g/mol. The fourth-order valence-electron chi connectivity index (χ4n) is 8.25. The summed E-state index contributed by atoms with van der Waals surface area (Å²) < 4.78 is 17.2. The van der Waals surface area contributed by atoms with E-state index in [2.05, 4.69) is 28.5 Å². The van der Waals surface area contributed by atoms with Gasteiger partial charge in [-0.05, 0) is 169 Å². The number of rotatable bonds is 19. The van der Waals surface area contributed by atoms with Gasteiger partial charge in [0.15, 0.2) is 11.6 Å². The Balaban J connectivity index is 0.000000199. The molecule has 0 bridgehead atoms. The minimum Gasteiger partial charge on any atom is -0.494 e. The largest absolute Gasteiger partial charge is 0.494 e. The van der Waals surface area contributed by atoms with E-state index < -0.39 is 0 Å². The van der Waals surface area contributed by atoms with E-state index in [4.69, 9.17) is 14.2 Å². The van der Waals surface area contributed by atoms with Gasteiger partial charge in [0.1, 0.15) is 23.5 Å². The SMILES string of the molecule is CC(=O)c1ccc(OCCCN2C[C@H](C)C[C@H](C)C2)cc1.CC(C)C(=O)c1ccc(OCCCN2CCCCC2)cc1.O=Cc1ccc(OCCCN2CCCCC2)cc1. The number of nitrogens with zero attached hydrogens (tertiary/aromatic N) is 3. The molecule has 0 radical (unpaired) electrons. The molecule has 0 aliphatic carbocycles. The Morgan fingerprint density at radius 3 is 1.35 bits per heavy atom. The number of likely N-dealkylation sites (tertiary alicyclic amines) is 3. The Morgan fingerprint density at radius 1 is 0.583 bits per heavy atom. The van der Waals surface area contributed by atoms with Gasteiger partial charge in [-0.3, -0.25) is 14.4 Å². The Morgan fingerprint density at radius 2 is 0.967 bits per heavy atom. The molecule has 0 aromatic heterocycles. The van der Waals surface area contributed by atoms with E-state index in [0.29, 0.717) is 5.56 Å². The standard InChI is InChI=1S/2C18H27NO2.C15H21NO2/c1-14-11-15(2)13-19(12-14)9-4-10-21-18-7-5-17(6-8-18)16(3)20;1-15(2)18(20)16-7-9-17(10-8-16)21-14-6-13-19-11-4-3-5-12-19;17-13-14-5-7-15(8-6-14)18-12-4-11-16-9-2-1-3-10-16/h5-8,14-15H,4,9-13H2,1-3H3;7-10,15H,3-6,11-14H2,1-2H3;5-8,13H,1-4,9-12H2/t14-,15+;;. The number of hydrogen-bond acceptors (Lipinski definition) is 9. The zero-order chi connectivity index (χ0) is 43.0. The molecule has 0 unspecified atom stereocenters. The lowest BCUT2D eigenvalue weighted by atomic mass is 9.92. The Kier molecular flexibility index (Phi) is 22.5. The molecule has 3 aliphatic rings. The first kappa shape index (κ1) is 48.6. The maximum Gasteiger partial charge on any atom is 0.165 e. The predicted molar refractivity (Wildman–Crippen MR) is 244 cm³/mol. The highest BCUT2D eigenvalue weighted by Gasteiger charge is 2.21. The molecule has 60 heavy (non-hydrogen) atoms. The van der Waals surface area contributed by atoms with E-state index in [1.165, 1.54) is 84.2 Å². The van der Waals surface area contributed by atoms with Crippen LogP contribution in [0.25, 0.3) is 0 Å². The van der Waals surface area contributed by atoms with E-state index in [-0.39, 0.29) is 17.5 Å². The first-order valence-corrected chi connectivity index (χ1v) is 23.0. The lowest BCUT2D eigenvalue weighted by Crippen LogP contribution is -2.39. The second kappa shape index (κ2) is 27.7. The molecule has 3 aromatic rings. The molecule has 0 amide bonds. The van der Waals surface area contributed by atoms with Crippen molar-refractivity contribution in [1.29, 1.82) is 0 Å². The van der Waals surface area contributed by atoms with Crippen molar-refractivity contribution in [2.75, 3.05) is 78.7 Å². The van der Waals surface area contributed by atoms with Crippen molar-refractivity contribution in [3.8, 4) is 17.2 Å². The van der Waals surface area contributed by atoms with E-state index >= 15 is 0 Å². The van der Waals surface area contributed by atoms with E-state index in [1.807, 2.05) is 74.5 Å². The number of aldehydes is 1. The number of benzene rings is 3. The third kappa shape index (κ3) is 19.1. The molecule has 2 atom stereocenters. The monoisotopic (exact) mass is 826 g/mol. The summed E-state index contributed by atoms with van der Waals surface area (Å²) in [6, 6.07) is 22.2. The minimum absolute atomic E-state index is 0.0429. The zero-order valence-electron chi connectivity index (χ0n) is 37.6. The predicted octanol–water partition coefficient (Wildman–Crippen LogP) is 10.2. The van der Waals surface area contributed by atoms with Crippen LogP contribution in [-0.4, -0.2) is 111 Å². The summed E-state index contributed by atoms with van der Waals surface area (Å²) in [7, 11) is 0. The van der Waals surface area contributed by atoms with Gasteiger partial charge >= 0.3 is 0 Å². The summed E-state index contributed by atoms with van der Waals surface area (Å²) in [6.07, 6.45) is 13.5. The van der Waals surface area contributed by atoms with Crippen LogP contribution >= 0.6 is 0 Å². The first-order chi connectivity index (χ1) is 29.1. The summed E-state index contributed by atoms with van der Waals surface area (Å²) in [4.78, 5) is 41.1. The smallest absolute Gasteiger partial charge is 0.165 e. The lowest BCUT2D eigenvalue weighted by molar-refractivity contribution is 0.0938. The Hall–Kier alpha value is -4.05. The highest BCUT2D eigenvalue weighted by atomic mass is 16.5. The van der Waals surface area contributed by atoms with E-state index in [0.717, 1.165) is 105 Å². The van der Waals surface area contributed by atoms with Crippen molar-refractivity contribution in [2.24, 2.45) is 17.8 Å². The molecule has 3 heterocycles. The molecular formula is C51H75N3O6. The van der Waals surface area contributed by atoms with Crippen molar-refractivity contribution in [3.05, 3.63) is 89.5 Å². The molecule has 9 heteroatoms. The average Bonchev–Trinajstić information content (AvgIpc) is 3.26. The van der Waals surface area contributed by atoms with Gasteiger partial charge in [-0.25, -0.2) is 0 Å². The van der Waals surface area contributed by atoms with Crippen molar-refractivity contribution >= 4 is 17.9 Å². The normalized spacial score (nSPS) is 18.6. The summed E-state index contributed by atoms with van der Waals surface area (Å²) >= 11 is 0. The molecule has 3 fully saturated rings. The second-order valence-corrected chi connectivity index (χ2v) is 17.4. The highest BCUT2D eigenvalue weighted by molar-refractivity contribution is 5.97. The fourth-order valence-corrected chi connectivity index (χ4v) is 8.25. The summed E-state index contributed by atoms with van der Waals surface area (Å²) in [5.74, 6) is 4.50. The molecule has 3 aliphatic heterocycles. The second-order valence-electron chi connectivity index (χ2n) is 17.4. The van der Waals surface area contributed by atoms with Crippen LogP contribution in [0.15, 0.2) is 72.8 Å². The topological polar surface area (TPSA) is 88.6 Å². The molecule has 3 saturated heterocycles. The van der Waals surface area contributed by atoms with Crippen LogP contribution in [0, 0.1) is 17.8 Å². The molecule has 6 rings (SSSR count). The van der Waals surface area contributed by atoms with E-state index in [9.17, 15) is 14.4 Å². The number of carbonyl (C=O) groups is 3. The third-order valence-corrected chi connectivity index (χ3v) is 11.4. The number of ketones is 2. The van der Waals surface area contributed by atoms with E-state index in [1.54, 1.807) is 19.1 Å². The van der Waals surface area contributed by atoms with Crippen LogP contribution in [0.2, 0.25) is 0 Å². The number of carbonyl (C=O) groups excluding carboxylic acids is 3. The third-order valence-electron chi connectivity index (χ3n) is 11.4. The summed E-state index contributed by atoms with van der Waals surface area (Å²) in [5.41, 5.74) is 2.19. The maximum atomic E-state index is 11.8. The maximum absolute atomic E-state index is 11.8. The minimum atomic E-state index is 0.0429. The van der Waals surface area contributed by atoms with Crippen LogP contribution in [0.3, 0.4) is 0 Å². The van der Waals surface area contributed by atoms with Gasteiger partial charge in [-0.1, -0.05) is 40.5 Å². The van der Waals surface area contributed by atoms with Crippen LogP contribution in [0.5, 0.6) is 17.2 Å². The molecule has 330 valence electrons. The van der Waals surface area contributed by atoms with Gasteiger partial charge in [0, 0.05) is 55.3 Å². The zero-order valence-corrected chi connectivity index (χ0v) is 37.6. The lowest BCUT2D eigenvalue weighted by Gasteiger charge is -2.34. The first-order valence-electron chi connectivity index (χ1n) is 23.0. The fraction of sp³-hybridized carbons (Fsp3) is 0.588. The van der Waals surface area contributed by atoms with Gasteiger partial charge in [0.25, 0.3) is 0 Å². The van der Waals surface area contributed by atoms with Gasteiger partial charge in [-0.15, -0.1) is 0 Å². The Bertz CT molecular complexity index is 1620. The van der Waals surface area contributed by atoms with Gasteiger partial charge in [-0.2, -0.15) is 0 Å². The number of Topliss-reactive ketones (excluding diaryl/α,β-unsaturated/α-hetero) is 2. The van der Waals surface area contributed by atoms with Crippen molar-refractivity contribution < 1.29 is 28.6 Å².